The normalized spacial score (nSPS) is 20.5. The number of amides is 3. The van der Waals surface area contributed by atoms with Crippen molar-refractivity contribution in [3.8, 4) is 0 Å². The number of aliphatic carboxylic acids is 1. The molecule has 8 nitrogen and oxygen atoms in total. The Kier molecular flexibility index (Phi) is 4.54. The van der Waals surface area contributed by atoms with Gasteiger partial charge in [-0.1, -0.05) is 0 Å². The zero-order valence-electron chi connectivity index (χ0n) is 13.7. The number of hydrogen-bond donors (Lipinski definition) is 2. The predicted molar refractivity (Wildman–Crippen MR) is 85.3 cm³/mol. The van der Waals surface area contributed by atoms with Gasteiger partial charge in [-0.3, -0.25) is 24.1 Å². The highest BCUT2D eigenvalue weighted by atomic mass is 16.5. The molecule has 2 N–H and O–H groups in total. The van der Waals surface area contributed by atoms with Crippen LogP contribution in [0.15, 0.2) is 18.2 Å². The lowest BCUT2D eigenvalue weighted by molar-refractivity contribution is -0.138. The number of hydrogen-bond acceptors (Lipinski definition) is 5. The Balaban J connectivity index is 1.79. The first kappa shape index (κ1) is 17.1. The van der Waals surface area contributed by atoms with E-state index in [4.69, 9.17) is 9.84 Å². The number of carbonyl (C=O) groups excluding carboxylic acids is 3. The van der Waals surface area contributed by atoms with Crippen LogP contribution in [-0.4, -0.2) is 59.0 Å². The number of ether oxygens (including phenoxy) is 1. The van der Waals surface area contributed by atoms with Crippen LogP contribution in [0.5, 0.6) is 0 Å². The smallest absolute Gasteiger partial charge is 0.325 e. The highest BCUT2D eigenvalue weighted by molar-refractivity contribution is 6.22. The standard InChI is InChI=1S/C17H18N2O6/c1-9(17(23)24)18-14(20)10-4-5-12-13(7-10)16(22)19(15(12)21)8-11-3-2-6-25-11/h4-5,7,9,11H,2-3,6,8H2,1H3,(H,18,20)(H,23,24)/t9-,11?/m1/s1. The molecule has 0 aromatic heterocycles. The van der Waals surface area contributed by atoms with Crippen LogP contribution in [0.25, 0.3) is 0 Å². The maximum atomic E-state index is 12.5. The second-order valence-corrected chi connectivity index (χ2v) is 6.15. The van der Waals surface area contributed by atoms with Crippen LogP contribution in [0.4, 0.5) is 0 Å². The molecule has 0 radical (unpaired) electrons. The first-order valence-electron chi connectivity index (χ1n) is 8.04. The third-order valence-corrected chi connectivity index (χ3v) is 4.36. The Labute approximate surface area is 143 Å². The summed E-state index contributed by atoms with van der Waals surface area (Å²) in [5.41, 5.74) is 0.524. The Morgan fingerprint density at radius 3 is 2.68 bits per heavy atom. The van der Waals surface area contributed by atoms with E-state index in [1.54, 1.807) is 0 Å². The molecule has 1 saturated heterocycles. The number of imide groups is 1. The fourth-order valence-electron chi connectivity index (χ4n) is 2.93. The fraction of sp³-hybridized carbons (Fsp3) is 0.412. The maximum absolute atomic E-state index is 12.5. The van der Waals surface area contributed by atoms with E-state index in [0.29, 0.717) is 6.61 Å². The van der Waals surface area contributed by atoms with Crippen LogP contribution in [-0.2, 0) is 9.53 Å². The molecule has 2 heterocycles. The van der Waals surface area contributed by atoms with E-state index >= 15 is 0 Å². The van der Waals surface area contributed by atoms with Gasteiger partial charge >= 0.3 is 5.97 Å². The Morgan fingerprint density at radius 1 is 1.32 bits per heavy atom. The average molecular weight is 346 g/mol. The number of benzene rings is 1. The van der Waals surface area contributed by atoms with Gasteiger partial charge in [0.25, 0.3) is 17.7 Å². The van der Waals surface area contributed by atoms with Crippen molar-refractivity contribution in [3.63, 3.8) is 0 Å². The van der Waals surface area contributed by atoms with Gasteiger partial charge in [0.05, 0.1) is 23.8 Å². The van der Waals surface area contributed by atoms with E-state index in [0.717, 1.165) is 17.7 Å². The highest BCUT2D eigenvalue weighted by Crippen LogP contribution is 2.26. The number of nitrogens with one attached hydrogen (secondary N) is 1. The summed E-state index contributed by atoms with van der Waals surface area (Å²) < 4.78 is 5.47. The molecule has 1 aromatic carbocycles. The topological polar surface area (TPSA) is 113 Å². The van der Waals surface area contributed by atoms with Gasteiger partial charge in [0.15, 0.2) is 0 Å². The summed E-state index contributed by atoms with van der Waals surface area (Å²) in [6.07, 6.45) is 1.55. The van der Waals surface area contributed by atoms with Gasteiger partial charge in [0.2, 0.25) is 0 Å². The lowest BCUT2D eigenvalue weighted by Gasteiger charge is -2.17. The minimum absolute atomic E-state index is 0.131. The molecule has 0 saturated carbocycles. The van der Waals surface area contributed by atoms with E-state index in [-0.39, 0.29) is 29.3 Å². The SMILES string of the molecule is C[C@@H](NC(=O)c1ccc2c(c1)C(=O)N(CC1CCCO1)C2=O)C(=O)O. The van der Waals surface area contributed by atoms with Gasteiger partial charge in [-0.05, 0) is 38.0 Å². The highest BCUT2D eigenvalue weighted by Gasteiger charge is 2.38. The van der Waals surface area contributed by atoms with Gasteiger partial charge < -0.3 is 15.2 Å². The molecule has 1 unspecified atom stereocenters. The number of nitrogens with zero attached hydrogens (tertiary/aromatic N) is 1. The van der Waals surface area contributed by atoms with Crippen LogP contribution in [0.3, 0.4) is 0 Å². The molecule has 0 spiro atoms. The number of carboxylic acids is 1. The molecule has 1 aromatic rings. The summed E-state index contributed by atoms with van der Waals surface area (Å²) in [7, 11) is 0. The van der Waals surface area contributed by atoms with E-state index in [9.17, 15) is 19.2 Å². The van der Waals surface area contributed by atoms with E-state index in [2.05, 4.69) is 5.32 Å². The van der Waals surface area contributed by atoms with Crippen molar-refractivity contribution in [1.82, 2.24) is 10.2 Å². The quantitative estimate of drug-likeness (QED) is 0.758. The molecule has 3 amide bonds. The lowest BCUT2D eigenvalue weighted by atomic mass is 10.1. The fourth-order valence-corrected chi connectivity index (χ4v) is 2.93. The predicted octanol–water partition coefficient (Wildman–Crippen LogP) is 0.664. The Hall–Kier alpha value is -2.74. The monoisotopic (exact) mass is 346 g/mol. The first-order valence-corrected chi connectivity index (χ1v) is 8.04. The van der Waals surface area contributed by atoms with E-state index < -0.39 is 29.7 Å². The molecule has 2 atom stereocenters. The van der Waals surface area contributed by atoms with Crippen molar-refractivity contribution < 1.29 is 29.0 Å². The van der Waals surface area contributed by atoms with Crippen LogP contribution < -0.4 is 5.32 Å². The zero-order chi connectivity index (χ0) is 18.1. The third kappa shape index (κ3) is 3.25. The first-order chi connectivity index (χ1) is 11.9. The molecular weight excluding hydrogens is 328 g/mol. The lowest BCUT2D eigenvalue weighted by Crippen LogP contribution is -2.38. The number of rotatable bonds is 5. The molecular formula is C17H18N2O6. The zero-order valence-corrected chi connectivity index (χ0v) is 13.7. The van der Waals surface area contributed by atoms with Crippen molar-refractivity contribution in [1.29, 1.82) is 0 Å². The summed E-state index contributed by atoms with van der Waals surface area (Å²) in [5.74, 6) is -2.64. The summed E-state index contributed by atoms with van der Waals surface area (Å²) in [6.45, 7) is 2.16. The number of carbonyl (C=O) groups is 4. The van der Waals surface area contributed by atoms with Crippen LogP contribution >= 0.6 is 0 Å². The molecule has 0 bridgehead atoms. The van der Waals surface area contributed by atoms with E-state index in [1.807, 2.05) is 0 Å². The average Bonchev–Trinajstić information content (AvgIpc) is 3.17. The molecule has 8 heteroatoms. The molecule has 2 aliphatic rings. The van der Waals surface area contributed by atoms with Crippen molar-refractivity contribution >= 4 is 23.7 Å². The van der Waals surface area contributed by atoms with Gasteiger partial charge in [0, 0.05) is 12.2 Å². The van der Waals surface area contributed by atoms with E-state index in [1.165, 1.54) is 25.1 Å². The molecule has 3 rings (SSSR count). The van der Waals surface area contributed by atoms with Crippen LogP contribution in [0, 0.1) is 0 Å². The second kappa shape index (κ2) is 6.64. The summed E-state index contributed by atoms with van der Waals surface area (Å²) in [5, 5.41) is 11.2. The minimum Gasteiger partial charge on any atom is -0.480 e. The van der Waals surface area contributed by atoms with Gasteiger partial charge in [-0.15, -0.1) is 0 Å². The van der Waals surface area contributed by atoms with Crippen LogP contribution in [0.2, 0.25) is 0 Å². The van der Waals surface area contributed by atoms with Crippen molar-refractivity contribution in [2.24, 2.45) is 0 Å². The van der Waals surface area contributed by atoms with Crippen molar-refractivity contribution in [2.75, 3.05) is 13.2 Å². The maximum Gasteiger partial charge on any atom is 0.325 e. The number of fused-ring (bicyclic) bond motifs is 1. The Morgan fingerprint density at radius 2 is 2.04 bits per heavy atom. The van der Waals surface area contributed by atoms with Crippen LogP contribution in [0.1, 0.15) is 50.8 Å². The second-order valence-electron chi connectivity index (χ2n) is 6.15. The Bertz CT molecular complexity index is 754. The van der Waals surface area contributed by atoms with Gasteiger partial charge in [-0.2, -0.15) is 0 Å². The number of carboxylic acid groups (broad SMARTS) is 1. The summed E-state index contributed by atoms with van der Waals surface area (Å²) in [4.78, 5) is 49.0. The van der Waals surface area contributed by atoms with Gasteiger partial charge in [-0.25, -0.2) is 0 Å². The molecule has 132 valence electrons. The molecule has 2 aliphatic heterocycles. The summed E-state index contributed by atoms with van der Waals surface area (Å²) >= 11 is 0. The minimum atomic E-state index is -1.16. The molecule has 25 heavy (non-hydrogen) atoms. The largest absolute Gasteiger partial charge is 0.480 e. The van der Waals surface area contributed by atoms with Crippen molar-refractivity contribution in [2.45, 2.75) is 31.9 Å². The molecule has 1 fully saturated rings. The molecule has 0 aliphatic carbocycles. The van der Waals surface area contributed by atoms with Gasteiger partial charge in [0.1, 0.15) is 6.04 Å². The van der Waals surface area contributed by atoms with Crippen molar-refractivity contribution in [3.05, 3.63) is 34.9 Å². The summed E-state index contributed by atoms with van der Waals surface area (Å²) in [6, 6.07) is 3.10. The third-order valence-electron chi connectivity index (χ3n) is 4.36.